The van der Waals surface area contributed by atoms with Crippen LogP contribution in [-0.4, -0.2) is 32.9 Å². The summed E-state index contributed by atoms with van der Waals surface area (Å²) in [5.74, 6) is -0.920. The molecule has 0 bridgehead atoms. The molecule has 3 N–H and O–H groups in total. The number of nitrogens with one attached hydrogen (secondary N) is 2. The van der Waals surface area contributed by atoms with Crippen LogP contribution in [0.2, 0.25) is 0 Å². The summed E-state index contributed by atoms with van der Waals surface area (Å²) < 4.78 is 1.65. The molecule has 0 aliphatic rings. The van der Waals surface area contributed by atoms with Crippen LogP contribution >= 0.6 is 0 Å². The summed E-state index contributed by atoms with van der Waals surface area (Å²) in [6.07, 6.45) is 3.99. The predicted molar refractivity (Wildman–Crippen MR) is 78.7 cm³/mol. The molecule has 0 spiro atoms. The van der Waals surface area contributed by atoms with Crippen LogP contribution in [0.4, 0.5) is 4.79 Å². The molecular formula is C14H24N4O3. The molecule has 0 fully saturated rings. The predicted octanol–water partition coefficient (Wildman–Crippen LogP) is 1.50. The van der Waals surface area contributed by atoms with Crippen molar-refractivity contribution in [3.8, 4) is 0 Å². The zero-order valence-electron chi connectivity index (χ0n) is 13.0. The van der Waals surface area contributed by atoms with Gasteiger partial charge in [0.25, 0.3) is 0 Å². The summed E-state index contributed by atoms with van der Waals surface area (Å²) in [5.41, 5.74) is 0.828. The number of aryl methyl sites for hydroxylation is 1. The number of hydrogen-bond donors (Lipinski definition) is 3. The number of carbonyl (C=O) groups is 2. The van der Waals surface area contributed by atoms with Crippen LogP contribution < -0.4 is 10.6 Å². The Morgan fingerprint density at radius 3 is 2.57 bits per heavy atom. The molecule has 7 heteroatoms. The summed E-state index contributed by atoms with van der Waals surface area (Å²) in [6.45, 7) is 6.39. The van der Waals surface area contributed by atoms with Crippen LogP contribution in [-0.2, 0) is 18.4 Å². The van der Waals surface area contributed by atoms with Gasteiger partial charge < -0.3 is 15.7 Å². The molecule has 21 heavy (non-hydrogen) atoms. The maximum absolute atomic E-state index is 11.9. The third-order valence-electron chi connectivity index (χ3n) is 2.83. The van der Waals surface area contributed by atoms with E-state index < -0.39 is 12.0 Å². The maximum atomic E-state index is 11.9. The first kappa shape index (κ1) is 17.0. The third-order valence-corrected chi connectivity index (χ3v) is 2.83. The van der Waals surface area contributed by atoms with Crippen molar-refractivity contribution in [1.82, 2.24) is 20.4 Å². The number of urea groups is 1. The summed E-state index contributed by atoms with van der Waals surface area (Å²) in [7, 11) is 1.80. The van der Waals surface area contributed by atoms with Gasteiger partial charge in [-0.2, -0.15) is 5.10 Å². The van der Waals surface area contributed by atoms with Crippen LogP contribution in [0.3, 0.4) is 0 Å². The molecule has 1 aromatic heterocycles. The Morgan fingerprint density at radius 1 is 1.43 bits per heavy atom. The number of carboxylic acids is 1. The highest BCUT2D eigenvalue weighted by Gasteiger charge is 2.22. The monoisotopic (exact) mass is 296 g/mol. The molecular weight excluding hydrogens is 272 g/mol. The van der Waals surface area contributed by atoms with E-state index in [4.69, 9.17) is 5.11 Å². The number of aliphatic carboxylic acids is 1. The first-order valence-electron chi connectivity index (χ1n) is 6.89. The lowest BCUT2D eigenvalue weighted by Gasteiger charge is -2.25. The maximum Gasteiger partial charge on any atom is 0.315 e. The molecule has 1 unspecified atom stereocenters. The van der Waals surface area contributed by atoms with Crippen LogP contribution in [0, 0.1) is 5.41 Å². The van der Waals surface area contributed by atoms with E-state index in [-0.39, 0.29) is 17.9 Å². The number of carboxylic acid groups (broad SMARTS) is 1. The Labute approximate surface area is 124 Å². The van der Waals surface area contributed by atoms with E-state index in [0.717, 1.165) is 5.56 Å². The molecule has 7 nitrogen and oxygen atoms in total. The van der Waals surface area contributed by atoms with Crippen LogP contribution in [0.5, 0.6) is 0 Å². The molecule has 2 amide bonds. The smallest absolute Gasteiger partial charge is 0.315 e. The van der Waals surface area contributed by atoms with Gasteiger partial charge in [0.05, 0.1) is 12.6 Å². The van der Waals surface area contributed by atoms with E-state index >= 15 is 0 Å². The van der Waals surface area contributed by atoms with E-state index in [1.165, 1.54) is 0 Å². The summed E-state index contributed by atoms with van der Waals surface area (Å²) in [5, 5.41) is 18.4. The molecule has 0 aliphatic carbocycles. The van der Waals surface area contributed by atoms with Gasteiger partial charge in [0.2, 0.25) is 0 Å². The Hall–Kier alpha value is -2.05. The first-order chi connectivity index (χ1) is 9.65. The van der Waals surface area contributed by atoms with Gasteiger partial charge in [-0.15, -0.1) is 0 Å². The molecule has 1 heterocycles. The van der Waals surface area contributed by atoms with Crippen molar-refractivity contribution in [3.63, 3.8) is 0 Å². The molecule has 0 aromatic carbocycles. The van der Waals surface area contributed by atoms with E-state index in [9.17, 15) is 9.59 Å². The van der Waals surface area contributed by atoms with Gasteiger partial charge in [0.15, 0.2) is 0 Å². The average Bonchev–Trinajstić information content (AvgIpc) is 2.69. The van der Waals surface area contributed by atoms with Crippen molar-refractivity contribution in [1.29, 1.82) is 0 Å². The Kier molecular flexibility index (Phi) is 5.75. The average molecular weight is 296 g/mol. The fraction of sp³-hybridized carbons (Fsp3) is 0.643. The van der Waals surface area contributed by atoms with E-state index in [2.05, 4.69) is 15.7 Å². The van der Waals surface area contributed by atoms with Crippen LogP contribution in [0.1, 0.15) is 39.2 Å². The quantitative estimate of drug-likeness (QED) is 0.741. The lowest BCUT2D eigenvalue weighted by molar-refractivity contribution is -0.137. The standard InChI is InChI=1S/C14H24N4O3/c1-14(2,3)6-11(5-12(19)20)17-13(21)15-7-10-8-16-18(4)9-10/h8-9,11H,5-7H2,1-4H3,(H,19,20)(H2,15,17,21). The van der Waals surface area contributed by atoms with Crippen molar-refractivity contribution >= 4 is 12.0 Å². The lowest BCUT2D eigenvalue weighted by atomic mass is 9.87. The summed E-state index contributed by atoms with van der Waals surface area (Å²) >= 11 is 0. The minimum atomic E-state index is -0.920. The first-order valence-corrected chi connectivity index (χ1v) is 6.89. The molecule has 1 rings (SSSR count). The van der Waals surface area contributed by atoms with Crippen LogP contribution in [0.15, 0.2) is 12.4 Å². The summed E-state index contributed by atoms with van der Waals surface area (Å²) in [6, 6.07) is -0.759. The SMILES string of the molecule is Cn1cc(CNC(=O)NC(CC(=O)O)CC(C)(C)C)cn1. The minimum absolute atomic E-state index is 0.0588. The highest BCUT2D eigenvalue weighted by molar-refractivity contribution is 5.75. The highest BCUT2D eigenvalue weighted by Crippen LogP contribution is 2.22. The molecule has 1 atom stereocenters. The number of rotatable bonds is 6. The Morgan fingerprint density at radius 2 is 2.10 bits per heavy atom. The third kappa shape index (κ3) is 7.34. The van der Waals surface area contributed by atoms with Gasteiger partial charge >= 0.3 is 12.0 Å². The largest absolute Gasteiger partial charge is 0.481 e. The van der Waals surface area contributed by atoms with E-state index in [1.54, 1.807) is 17.9 Å². The second-order valence-corrected chi connectivity index (χ2v) is 6.41. The molecule has 118 valence electrons. The number of carbonyl (C=O) groups excluding carboxylic acids is 1. The Bertz CT molecular complexity index is 491. The van der Waals surface area contributed by atoms with Gasteiger partial charge in [-0.05, 0) is 11.8 Å². The van der Waals surface area contributed by atoms with Crippen molar-refractivity contribution in [2.24, 2.45) is 12.5 Å². The zero-order chi connectivity index (χ0) is 16.0. The molecule has 0 saturated heterocycles. The van der Waals surface area contributed by atoms with Crippen molar-refractivity contribution in [2.75, 3.05) is 0 Å². The zero-order valence-corrected chi connectivity index (χ0v) is 13.0. The number of aromatic nitrogens is 2. The second-order valence-electron chi connectivity index (χ2n) is 6.41. The minimum Gasteiger partial charge on any atom is -0.481 e. The highest BCUT2D eigenvalue weighted by atomic mass is 16.4. The van der Waals surface area contributed by atoms with Gasteiger partial charge in [0, 0.05) is 31.4 Å². The molecule has 0 saturated carbocycles. The van der Waals surface area contributed by atoms with E-state index in [0.29, 0.717) is 13.0 Å². The van der Waals surface area contributed by atoms with Gasteiger partial charge in [-0.25, -0.2) is 4.79 Å². The number of amides is 2. The van der Waals surface area contributed by atoms with E-state index in [1.807, 2.05) is 27.0 Å². The second kappa shape index (κ2) is 7.10. The van der Waals surface area contributed by atoms with Crippen molar-refractivity contribution < 1.29 is 14.7 Å². The fourth-order valence-corrected chi connectivity index (χ4v) is 2.11. The normalized spacial score (nSPS) is 12.8. The molecule has 0 aliphatic heterocycles. The van der Waals surface area contributed by atoms with Gasteiger partial charge in [-0.3, -0.25) is 9.48 Å². The fourth-order valence-electron chi connectivity index (χ4n) is 2.11. The molecule has 1 aromatic rings. The van der Waals surface area contributed by atoms with Gasteiger partial charge in [0.1, 0.15) is 0 Å². The number of hydrogen-bond acceptors (Lipinski definition) is 3. The Balaban J connectivity index is 2.49. The number of nitrogens with zero attached hydrogens (tertiary/aromatic N) is 2. The lowest BCUT2D eigenvalue weighted by Crippen LogP contribution is -2.44. The molecule has 0 radical (unpaired) electrons. The van der Waals surface area contributed by atoms with Crippen molar-refractivity contribution in [3.05, 3.63) is 18.0 Å². The van der Waals surface area contributed by atoms with Gasteiger partial charge in [-0.1, -0.05) is 20.8 Å². The topological polar surface area (TPSA) is 96.2 Å². The summed E-state index contributed by atoms with van der Waals surface area (Å²) in [4.78, 5) is 22.7. The van der Waals surface area contributed by atoms with Crippen LogP contribution in [0.25, 0.3) is 0 Å². The van der Waals surface area contributed by atoms with Crippen molar-refractivity contribution in [2.45, 2.75) is 46.2 Å².